The van der Waals surface area contributed by atoms with Crippen molar-refractivity contribution < 1.29 is 23.1 Å². The summed E-state index contributed by atoms with van der Waals surface area (Å²) in [7, 11) is 1.78. The monoisotopic (exact) mass is 570 g/mol. The van der Waals surface area contributed by atoms with E-state index in [0.717, 1.165) is 0 Å². The lowest BCUT2D eigenvalue weighted by Crippen LogP contribution is -2.47. The molecule has 5 rings (SSSR count). The molecule has 0 radical (unpaired) electrons. The molecule has 1 aliphatic heterocycles. The number of nitrogens with zero attached hydrogens (tertiary/aromatic N) is 4. The second kappa shape index (κ2) is 11.8. The normalized spacial score (nSPS) is 14.7. The van der Waals surface area contributed by atoms with Crippen LogP contribution in [0.4, 0.5) is 20.2 Å². The molecule has 1 atom stereocenters. The van der Waals surface area contributed by atoms with E-state index in [0.29, 0.717) is 31.1 Å². The molecular formula is C31H28F2N6O3. The third-order valence-corrected chi connectivity index (χ3v) is 7.00. The second-order valence-corrected chi connectivity index (χ2v) is 9.83. The summed E-state index contributed by atoms with van der Waals surface area (Å²) in [4.78, 5) is 28.3. The smallest absolute Gasteiger partial charge is 0.298 e. The number of alkyl halides is 2. The van der Waals surface area contributed by atoms with Crippen LogP contribution in [0.5, 0.6) is 5.75 Å². The first-order valence-electron chi connectivity index (χ1n) is 13.3. The Kier molecular flexibility index (Phi) is 7.99. The van der Waals surface area contributed by atoms with Crippen molar-refractivity contribution in [1.29, 1.82) is 5.26 Å². The van der Waals surface area contributed by atoms with Gasteiger partial charge in [-0.3, -0.25) is 14.3 Å². The maximum absolute atomic E-state index is 15.1. The lowest BCUT2D eigenvalue weighted by Gasteiger charge is -2.34. The molecule has 4 aromatic rings. The number of amides is 2. The zero-order chi connectivity index (χ0) is 29.9. The predicted octanol–water partition coefficient (Wildman–Crippen LogP) is 4.79. The minimum Gasteiger partial charge on any atom is -0.491 e. The molecule has 3 aromatic carbocycles. The third kappa shape index (κ3) is 5.44. The van der Waals surface area contributed by atoms with E-state index < -0.39 is 17.7 Å². The fourth-order valence-corrected chi connectivity index (χ4v) is 4.85. The van der Waals surface area contributed by atoms with Gasteiger partial charge in [-0.1, -0.05) is 42.5 Å². The molecule has 42 heavy (non-hydrogen) atoms. The van der Waals surface area contributed by atoms with Crippen molar-refractivity contribution in [2.75, 3.05) is 30.4 Å². The second-order valence-electron chi connectivity index (χ2n) is 9.83. The van der Waals surface area contributed by atoms with Crippen molar-refractivity contribution >= 4 is 23.2 Å². The van der Waals surface area contributed by atoms with Crippen LogP contribution in [0, 0.1) is 11.3 Å². The van der Waals surface area contributed by atoms with Crippen molar-refractivity contribution in [1.82, 2.24) is 15.1 Å². The van der Waals surface area contributed by atoms with E-state index in [1.165, 1.54) is 64.3 Å². The van der Waals surface area contributed by atoms with Gasteiger partial charge in [-0.2, -0.15) is 19.1 Å². The number of aromatic nitrogens is 2. The van der Waals surface area contributed by atoms with Crippen LogP contribution in [0.2, 0.25) is 0 Å². The van der Waals surface area contributed by atoms with Crippen LogP contribution < -0.4 is 20.3 Å². The number of hydrogen-bond donors (Lipinski definition) is 2. The molecule has 0 unspecified atom stereocenters. The van der Waals surface area contributed by atoms with Gasteiger partial charge in [0.25, 0.3) is 17.7 Å². The van der Waals surface area contributed by atoms with Crippen LogP contribution in [-0.4, -0.2) is 47.8 Å². The van der Waals surface area contributed by atoms with Crippen LogP contribution in [0.15, 0.2) is 79.0 Å². The Morgan fingerprint density at radius 2 is 1.83 bits per heavy atom. The lowest BCUT2D eigenvalue weighted by atomic mass is 9.99. The molecule has 0 spiro atoms. The zero-order valence-corrected chi connectivity index (χ0v) is 23.0. The van der Waals surface area contributed by atoms with Crippen LogP contribution in [0.1, 0.15) is 44.5 Å². The van der Waals surface area contributed by atoms with Gasteiger partial charge < -0.3 is 20.3 Å². The number of halogens is 2. The highest BCUT2D eigenvalue weighted by atomic mass is 19.3. The van der Waals surface area contributed by atoms with Crippen molar-refractivity contribution in [3.8, 4) is 11.8 Å². The summed E-state index contributed by atoms with van der Waals surface area (Å²) in [5, 5.41) is 19.5. The Morgan fingerprint density at radius 3 is 2.52 bits per heavy atom. The molecule has 1 aromatic heterocycles. The number of hydrogen-bond acceptors (Lipinski definition) is 6. The molecule has 2 amide bonds. The number of carbonyl (C=O) groups is 2. The Morgan fingerprint density at radius 1 is 1.12 bits per heavy atom. The van der Waals surface area contributed by atoms with Gasteiger partial charge >= 0.3 is 0 Å². The molecule has 0 fully saturated rings. The highest BCUT2D eigenvalue weighted by Crippen LogP contribution is 2.37. The third-order valence-electron chi connectivity index (χ3n) is 7.00. The number of benzene rings is 3. The van der Waals surface area contributed by atoms with Gasteiger partial charge in [0.1, 0.15) is 24.1 Å². The fraction of sp³-hybridized carbons (Fsp3) is 0.226. The van der Waals surface area contributed by atoms with Crippen molar-refractivity contribution in [3.05, 3.63) is 107 Å². The fourth-order valence-electron chi connectivity index (χ4n) is 4.85. The minimum atomic E-state index is -3.20. The molecule has 0 saturated heterocycles. The molecule has 0 bridgehead atoms. The zero-order valence-electron chi connectivity index (χ0n) is 23.0. The van der Waals surface area contributed by atoms with Gasteiger partial charge in [0.15, 0.2) is 0 Å². The number of rotatable bonds is 9. The van der Waals surface area contributed by atoms with E-state index >= 15 is 8.78 Å². The van der Waals surface area contributed by atoms with Gasteiger partial charge in [0, 0.05) is 28.9 Å². The van der Waals surface area contributed by atoms with Gasteiger partial charge in [0.05, 0.1) is 30.0 Å². The lowest BCUT2D eigenvalue weighted by molar-refractivity contribution is 0.0428. The molecule has 0 saturated carbocycles. The first-order chi connectivity index (χ1) is 20.2. The maximum Gasteiger partial charge on any atom is 0.298 e. The molecule has 0 aliphatic carbocycles. The van der Waals surface area contributed by atoms with Crippen LogP contribution in [0.25, 0.3) is 0 Å². The van der Waals surface area contributed by atoms with Crippen molar-refractivity contribution in [2.24, 2.45) is 0 Å². The number of ether oxygens (including phenoxy) is 1. The molecule has 2 N–H and O–H groups in total. The summed E-state index contributed by atoms with van der Waals surface area (Å²) in [6.07, 6.45) is 1.39. The number of fused-ring (bicyclic) bond motifs is 1. The highest BCUT2D eigenvalue weighted by Gasteiger charge is 2.37. The first-order valence-corrected chi connectivity index (χ1v) is 13.3. The van der Waals surface area contributed by atoms with E-state index in [2.05, 4.69) is 15.7 Å². The number of nitrogens with one attached hydrogen (secondary N) is 2. The topological polar surface area (TPSA) is 112 Å². The Balaban J connectivity index is 1.36. The van der Waals surface area contributed by atoms with Crippen LogP contribution in [0.3, 0.4) is 0 Å². The number of likely N-dealkylation sites (N-methyl/N-ethyl adjacent to an activating group) is 1. The molecular weight excluding hydrogens is 542 g/mol. The Labute approximate surface area is 241 Å². The summed E-state index contributed by atoms with van der Waals surface area (Å²) >= 11 is 0. The number of carbonyl (C=O) groups excluding carboxylic acids is 2. The van der Waals surface area contributed by atoms with Crippen LogP contribution in [-0.2, 0) is 12.5 Å². The minimum absolute atomic E-state index is 0.123. The van der Waals surface area contributed by atoms with Crippen molar-refractivity contribution in [2.45, 2.75) is 25.4 Å². The van der Waals surface area contributed by atoms with Gasteiger partial charge in [-0.25, -0.2) is 0 Å². The quantitative estimate of drug-likeness (QED) is 0.280. The van der Waals surface area contributed by atoms with E-state index in [-0.39, 0.29) is 39.7 Å². The SMILES string of the molecule is CNCCOc1ccc(C(=O)Nc2cnn3c2C(=O)N(c2ccc(C(F)(F)c4ccccc4)cc2)[C@@H](C)C3)cc1C#N. The number of anilines is 2. The summed E-state index contributed by atoms with van der Waals surface area (Å²) in [6.45, 7) is 3.11. The summed E-state index contributed by atoms with van der Waals surface area (Å²) in [5.74, 6) is -3.81. The van der Waals surface area contributed by atoms with Gasteiger partial charge in [0.2, 0.25) is 0 Å². The van der Waals surface area contributed by atoms with E-state index in [9.17, 15) is 14.9 Å². The maximum atomic E-state index is 15.1. The number of nitriles is 1. The van der Waals surface area contributed by atoms with E-state index in [1.54, 1.807) is 31.3 Å². The van der Waals surface area contributed by atoms with Crippen LogP contribution >= 0.6 is 0 Å². The predicted molar refractivity (Wildman–Crippen MR) is 153 cm³/mol. The van der Waals surface area contributed by atoms with Gasteiger partial charge in [-0.05, 0) is 44.3 Å². The highest BCUT2D eigenvalue weighted by molar-refractivity contribution is 6.13. The Bertz CT molecular complexity index is 1650. The van der Waals surface area contributed by atoms with E-state index in [4.69, 9.17) is 4.74 Å². The molecule has 9 nitrogen and oxygen atoms in total. The molecule has 1 aliphatic rings. The largest absolute Gasteiger partial charge is 0.491 e. The summed E-state index contributed by atoms with van der Waals surface area (Å²) in [5.41, 5.74) is 0.890. The average Bonchev–Trinajstić information content (AvgIpc) is 3.40. The molecule has 2 heterocycles. The standard InChI is InChI=1S/C31H28F2N6O3/c1-20-19-38-28(26(18-36-38)37-29(40)21-8-13-27(22(16-21)17-34)42-15-14-35-2)30(41)39(20)25-11-9-24(10-12-25)31(32,33)23-6-4-3-5-7-23/h3-13,16,18,20,35H,14-15,19H2,1-2H3,(H,37,40)/t20-/m0/s1. The average molecular weight is 571 g/mol. The summed E-state index contributed by atoms with van der Waals surface area (Å²) < 4.78 is 37.2. The van der Waals surface area contributed by atoms with E-state index in [1.807, 2.05) is 13.0 Å². The van der Waals surface area contributed by atoms with Gasteiger partial charge in [-0.15, -0.1) is 0 Å². The molecule has 11 heteroatoms. The molecule has 214 valence electrons. The Hall–Kier alpha value is -5.08. The van der Waals surface area contributed by atoms with Crippen molar-refractivity contribution in [3.63, 3.8) is 0 Å². The first kappa shape index (κ1) is 28.4. The summed E-state index contributed by atoms with van der Waals surface area (Å²) in [6, 6.07) is 19.4.